The lowest BCUT2D eigenvalue weighted by Crippen LogP contribution is -2.45. The van der Waals surface area contributed by atoms with Gasteiger partial charge in [-0.1, -0.05) is 24.3 Å². The molecule has 0 fully saturated rings. The summed E-state index contributed by atoms with van der Waals surface area (Å²) in [4.78, 5) is 47.8. The number of carbonyl (C=O) groups is 4. The molecule has 0 radical (unpaired) electrons. The average Bonchev–Trinajstić information content (AvgIpc) is 2.82. The van der Waals surface area contributed by atoms with Crippen molar-refractivity contribution < 1.29 is 29.0 Å². The lowest BCUT2D eigenvalue weighted by atomic mass is 10.1. The Kier molecular flexibility index (Phi) is 11.8. The molecule has 10 heteroatoms. The van der Waals surface area contributed by atoms with Crippen LogP contribution in [0.3, 0.4) is 0 Å². The number of carbonyl (C=O) groups excluding carboxylic acids is 3. The number of halogens is 1. The summed E-state index contributed by atoms with van der Waals surface area (Å²) in [5, 5.41) is 17.2. The third kappa shape index (κ3) is 12.1. The van der Waals surface area contributed by atoms with Gasteiger partial charge in [0.2, 0.25) is 5.91 Å². The Balaban J connectivity index is 1.71. The van der Waals surface area contributed by atoms with Crippen molar-refractivity contribution in [3.05, 3.63) is 68.8 Å². The van der Waals surface area contributed by atoms with Crippen molar-refractivity contribution >= 4 is 46.5 Å². The zero-order valence-electron chi connectivity index (χ0n) is 21.3. The van der Waals surface area contributed by atoms with Crippen LogP contribution in [0.25, 0.3) is 0 Å². The summed E-state index contributed by atoms with van der Waals surface area (Å²) < 4.78 is 6.26. The Morgan fingerprint density at radius 2 is 1.57 bits per heavy atom. The molecule has 0 unspecified atom stereocenters. The summed E-state index contributed by atoms with van der Waals surface area (Å²) >= 11 is 2.26. The highest BCUT2D eigenvalue weighted by atomic mass is 127. The van der Waals surface area contributed by atoms with E-state index in [4.69, 9.17) is 4.74 Å². The molecule has 0 aliphatic carbocycles. The van der Waals surface area contributed by atoms with Crippen molar-refractivity contribution in [3.63, 3.8) is 0 Å². The minimum absolute atomic E-state index is 0.00594. The van der Waals surface area contributed by atoms with E-state index in [1.165, 1.54) is 9.13 Å². The maximum atomic E-state index is 12.4. The number of carboxylic acid groups (broad SMARTS) is 1. The maximum absolute atomic E-state index is 12.4. The van der Waals surface area contributed by atoms with Crippen LogP contribution in [0.4, 0.5) is 4.79 Å². The van der Waals surface area contributed by atoms with Gasteiger partial charge in [-0.15, -0.1) is 0 Å². The fraction of sp³-hybridized carbons (Fsp3) is 0.407. The van der Waals surface area contributed by atoms with Crippen LogP contribution in [0, 0.1) is 3.57 Å². The van der Waals surface area contributed by atoms with Crippen molar-refractivity contribution in [2.75, 3.05) is 6.54 Å². The summed E-state index contributed by atoms with van der Waals surface area (Å²) in [6.45, 7) is 5.44. The summed E-state index contributed by atoms with van der Waals surface area (Å²) in [5.41, 5.74) is 1.71. The third-order valence-corrected chi connectivity index (χ3v) is 5.92. The van der Waals surface area contributed by atoms with Crippen molar-refractivity contribution in [2.24, 2.45) is 0 Å². The van der Waals surface area contributed by atoms with Crippen LogP contribution in [0.15, 0.2) is 48.5 Å². The summed E-state index contributed by atoms with van der Waals surface area (Å²) in [7, 11) is 0. The molecule has 2 aromatic rings. The molecule has 200 valence electrons. The van der Waals surface area contributed by atoms with Gasteiger partial charge in [0.15, 0.2) is 0 Å². The van der Waals surface area contributed by atoms with Gasteiger partial charge < -0.3 is 25.8 Å². The second kappa shape index (κ2) is 14.6. The summed E-state index contributed by atoms with van der Waals surface area (Å²) in [5.74, 6) is -1.62. The van der Waals surface area contributed by atoms with Crippen molar-refractivity contribution in [1.82, 2.24) is 16.0 Å². The number of rotatable bonds is 12. The Morgan fingerprint density at radius 1 is 0.946 bits per heavy atom. The predicted molar refractivity (Wildman–Crippen MR) is 148 cm³/mol. The molecular weight excluding hydrogens is 589 g/mol. The second-order valence-corrected chi connectivity index (χ2v) is 10.8. The molecule has 4 N–H and O–H groups in total. The first-order chi connectivity index (χ1) is 17.4. The standard InChI is InChI=1S/C27H34IN3O6/c1-27(2,3)37-26(36)31-22(25(34)35)15-16-29-24(33)20-11-7-19(8-12-20)17-30-23(32)6-4-5-18-9-13-21(28)14-10-18/h7-14,22H,4-6,15-17H2,1-3H3,(H,29,33)(H,30,32)(H,31,36)(H,34,35)/t22-/m0/s1. The molecule has 0 aromatic heterocycles. The van der Waals surface area contributed by atoms with E-state index in [1.54, 1.807) is 45.0 Å². The number of amides is 3. The zero-order chi connectivity index (χ0) is 27.4. The van der Waals surface area contributed by atoms with E-state index < -0.39 is 23.7 Å². The topological polar surface area (TPSA) is 134 Å². The van der Waals surface area contributed by atoms with Gasteiger partial charge in [0.25, 0.3) is 5.91 Å². The van der Waals surface area contributed by atoms with Crippen LogP contribution < -0.4 is 16.0 Å². The van der Waals surface area contributed by atoms with Crippen molar-refractivity contribution in [2.45, 2.75) is 64.6 Å². The number of aryl methyl sites for hydroxylation is 1. The van der Waals surface area contributed by atoms with Crippen LogP contribution in [0.1, 0.15) is 61.5 Å². The number of aliphatic carboxylic acids is 1. The number of hydrogen-bond donors (Lipinski definition) is 4. The highest BCUT2D eigenvalue weighted by Crippen LogP contribution is 2.10. The van der Waals surface area contributed by atoms with Gasteiger partial charge in [0, 0.05) is 28.6 Å². The minimum atomic E-state index is -1.22. The largest absolute Gasteiger partial charge is 0.480 e. The molecule has 0 saturated heterocycles. The van der Waals surface area contributed by atoms with Crippen LogP contribution in [0.5, 0.6) is 0 Å². The molecule has 0 bridgehead atoms. The van der Waals surface area contributed by atoms with Gasteiger partial charge in [-0.3, -0.25) is 9.59 Å². The van der Waals surface area contributed by atoms with Crippen molar-refractivity contribution in [1.29, 1.82) is 0 Å². The Labute approximate surface area is 230 Å². The molecule has 9 nitrogen and oxygen atoms in total. The van der Waals surface area contributed by atoms with Gasteiger partial charge in [-0.2, -0.15) is 0 Å². The van der Waals surface area contributed by atoms with E-state index in [0.717, 1.165) is 18.4 Å². The number of benzene rings is 2. The Morgan fingerprint density at radius 3 is 2.16 bits per heavy atom. The highest BCUT2D eigenvalue weighted by molar-refractivity contribution is 14.1. The molecular formula is C27H34IN3O6. The second-order valence-electron chi connectivity index (χ2n) is 9.54. The number of alkyl carbamates (subject to hydrolysis) is 1. The van der Waals surface area contributed by atoms with E-state index in [-0.39, 0.29) is 24.8 Å². The smallest absolute Gasteiger partial charge is 0.408 e. The highest BCUT2D eigenvalue weighted by Gasteiger charge is 2.23. The van der Waals surface area contributed by atoms with E-state index >= 15 is 0 Å². The lowest BCUT2D eigenvalue weighted by Gasteiger charge is -2.22. The molecule has 37 heavy (non-hydrogen) atoms. The van der Waals surface area contributed by atoms with E-state index in [2.05, 4.69) is 62.8 Å². The molecule has 0 aliphatic rings. The van der Waals surface area contributed by atoms with Gasteiger partial charge in [0.1, 0.15) is 11.6 Å². The monoisotopic (exact) mass is 623 g/mol. The predicted octanol–water partition coefficient (Wildman–Crippen LogP) is 4.03. The molecule has 1 atom stereocenters. The zero-order valence-corrected chi connectivity index (χ0v) is 23.5. The molecule has 0 saturated carbocycles. The molecule has 2 aromatic carbocycles. The van der Waals surface area contributed by atoms with E-state index in [9.17, 15) is 24.3 Å². The van der Waals surface area contributed by atoms with Gasteiger partial charge >= 0.3 is 12.1 Å². The Hall–Kier alpha value is -3.15. The van der Waals surface area contributed by atoms with Crippen LogP contribution in [-0.4, -0.2) is 47.2 Å². The average molecular weight is 623 g/mol. The fourth-order valence-electron chi connectivity index (χ4n) is 3.31. The lowest BCUT2D eigenvalue weighted by molar-refractivity contribution is -0.139. The number of nitrogens with one attached hydrogen (secondary N) is 3. The van der Waals surface area contributed by atoms with Crippen LogP contribution in [0.2, 0.25) is 0 Å². The van der Waals surface area contributed by atoms with Crippen LogP contribution in [-0.2, 0) is 27.3 Å². The van der Waals surface area contributed by atoms with Gasteiger partial charge in [0.05, 0.1) is 0 Å². The molecule has 0 spiro atoms. The Bertz CT molecular complexity index is 1070. The minimum Gasteiger partial charge on any atom is -0.480 e. The van der Waals surface area contributed by atoms with E-state index in [0.29, 0.717) is 18.5 Å². The number of carboxylic acids is 1. The molecule has 2 rings (SSSR count). The van der Waals surface area contributed by atoms with E-state index in [1.807, 2.05) is 0 Å². The number of ether oxygens (including phenoxy) is 1. The van der Waals surface area contributed by atoms with Crippen LogP contribution >= 0.6 is 22.6 Å². The normalized spacial score (nSPS) is 11.8. The van der Waals surface area contributed by atoms with Crippen molar-refractivity contribution in [3.8, 4) is 0 Å². The molecule has 0 aliphatic heterocycles. The van der Waals surface area contributed by atoms with Gasteiger partial charge in [-0.25, -0.2) is 9.59 Å². The molecule has 3 amide bonds. The first-order valence-corrected chi connectivity index (χ1v) is 13.1. The first kappa shape index (κ1) is 30.1. The SMILES string of the molecule is CC(C)(C)OC(=O)N[C@@H](CCNC(=O)c1ccc(CNC(=O)CCCc2ccc(I)cc2)cc1)C(=O)O. The first-order valence-electron chi connectivity index (χ1n) is 12.0. The quantitative estimate of drug-likeness (QED) is 0.264. The fourth-order valence-corrected chi connectivity index (χ4v) is 3.67. The summed E-state index contributed by atoms with van der Waals surface area (Å²) in [6, 6.07) is 13.8. The van der Waals surface area contributed by atoms with Gasteiger partial charge in [-0.05, 0) is 98.0 Å². The molecule has 0 heterocycles. The maximum Gasteiger partial charge on any atom is 0.408 e. The third-order valence-electron chi connectivity index (χ3n) is 5.20. The summed E-state index contributed by atoms with van der Waals surface area (Å²) in [6.07, 6.45) is 1.21. The number of hydrogen-bond acceptors (Lipinski definition) is 5.